The van der Waals surface area contributed by atoms with Gasteiger partial charge in [0.05, 0.1) is 6.04 Å². The van der Waals surface area contributed by atoms with Crippen molar-refractivity contribution in [1.82, 2.24) is 10.6 Å². The Balaban J connectivity index is 5.10. The van der Waals surface area contributed by atoms with Gasteiger partial charge in [0.1, 0.15) is 0 Å². The van der Waals surface area contributed by atoms with E-state index in [1.165, 1.54) is 5.32 Å². The zero-order valence-electron chi connectivity index (χ0n) is 17.7. The molecule has 4 N–H and O–H groups in total. The van der Waals surface area contributed by atoms with E-state index in [-0.39, 0.29) is 25.2 Å². The molecule has 0 aliphatic carbocycles. The Morgan fingerprint density at radius 2 is 1.42 bits per heavy atom. The highest BCUT2D eigenvalue weighted by Crippen LogP contribution is 2.43. The van der Waals surface area contributed by atoms with Gasteiger partial charge in [-0.1, -0.05) is 52.4 Å². The van der Waals surface area contributed by atoms with Crippen LogP contribution in [0.4, 0.5) is 35.9 Å². The Hall–Kier alpha value is -1.88. The summed E-state index contributed by atoms with van der Waals surface area (Å²) >= 11 is 0. The third kappa shape index (κ3) is 9.86. The van der Waals surface area contributed by atoms with Gasteiger partial charge in [0.25, 0.3) is 12.1 Å². The number of alkyl halides is 6. The molecule has 4 unspecified atom stereocenters. The maximum Gasteiger partial charge on any atom is 0.430 e. The number of nitrogens with one attached hydrogen (secondary N) is 2. The van der Waals surface area contributed by atoms with Crippen molar-refractivity contribution in [3.05, 3.63) is 0 Å². The number of halogens is 6. The van der Waals surface area contributed by atoms with Crippen LogP contribution >= 0.6 is 0 Å². The molecule has 0 heterocycles. The van der Waals surface area contributed by atoms with Crippen molar-refractivity contribution in [2.24, 2.45) is 5.92 Å². The molecule has 0 bridgehead atoms. The Bertz CT molecular complexity index is 550. The lowest BCUT2D eigenvalue weighted by Crippen LogP contribution is -2.62. The monoisotopic (exact) mass is 466 g/mol. The number of unbranched alkanes of at least 4 members (excludes halogenated alkanes) is 2. The Labute approximate surface area is 177 Å². The van der Waals surface area contributed by atoms with E-state index in [9.17, 15) is 35.9 Å². The largest absolute Gasteiger partial charge is 0.465 e. The predicted molar refractivity (Wildman–Crippen MR) is 102 cm³/mol. The Kier molecular flexibility index (Phi) is 12.7. The van der Waals surface area contributed by atoms with Crippen LogP contribution in [0, 0.1) is 5.92 Å². The topological polar surface area (TPSA) is 98.7 Å². The lowest BCUT2D eigenvalue weighted by molar-refractivity contribution is -0.277. The van der Waals surface area contributed by atoms with Gasteiger partial charge in [0.15, 0.2) is 0 Å². The molecule has 31 heavy (non-hydrogen) atoms. The van der Waals surface area contributed by atoms with Crippen molar-refractivity contribution < 1.29 is 46.1 Å². The van der Waals surface area contributed by atoms with Crippen LogP contribution in [-0.2, 0) is 0 Å². The van der Waals surface area contributed by atoms with Crippen LogP contribution in [0.1, 0.15) is 71.6 Å². The van der Waals surface area contributed by atoms with Crippen LogP contribution in [0.3, 0.4) is 0 Å². The number of carboxylic acid groups (broad SMARTS) is 2. The fourth-order valence-corrected chi connectivity index (χ4v) is 3.56. The smallest absolute Gasteiger partial charge is 0.430 e. The van der Waals surface area contributed by atoms with Gasteiger partial charge < -0.3 is 20.8 Å². The minimum Gasteiger partial charge on any atom is -0.465 e. The van der Waals surface area contributed by atoms with Crippen LogP contribution in [0.2, 0.25) is 0 Å². The van der Waals surface area contributed by atoms with E-state index in [2.05, 4.69) is 5.32 Å². The molecular weight excluding hydrogens is 434 g/mol. The van der Waals surface area contributed by atoms with Crippen molar-refractivity contribution in [3.63, 3.8) is 0 Å². The Morgan fingerprint density at radius 1 is 0.871 bits per heavy atom. The van der Waals surface area contributed by atoms with Crippen molar-refractivity contribution >= 4 is 12.2 Å². The van der Waals surface area contributed by atoms with E-state index in [1.54, 1.807) is 0 Å². The molecule has 12 heteroatoms. The first kappa shape index (κ1) is 29.1. The minimum atomic E-state index is -5.98. The maximum atomic E-state index is 14.2. The molecule has 0 aliphatic heterocycles. The summed E-state index contributed by atoms with van der Waals surface area (Å²) < 4.78 is 79.0. The van der Waals surface area contributed by atoms with Gasteiger partial charge in [-0.15, -0.1) is 0 Å². The van der Waals surface area contributed by atoms with Crippen LogP contribution in [-0.4, -0.2) is 52.8 Å². The Morgan fingerprint density at radius 3 is 1.84 bits per heavy atom. The quantitative estimate of drug-likeness (QED) is 0.177. The van der Waals surface area contributed by atoms with E-state index in [1.807, 2.05) is 13.8 Å². The molecular formula is C19H32F6N2O4. The summed E-state index contributed by atoms with van der Waals surface area (Å²) in [7, 11) is 0. The molecule has 0 aromatic rings. The standard InChI is InChI=1S/C19H32F6N2O4/c1-3-5-8-12(4-2)11-13(26-16(28)29)9-6-7-10-14(27-17(30)31)18(22,15(20)21)19(23,24)25/h12-15,26-27H,3-11H2,1-2H3,(H,28,29)(H,30,31). The SMILES string of the molecule is CCCCC(CC)CC(CCCCC(NC(=O)O)C(F)(C(F)F)C(F)(F)F)NC(=O)O. The van der Waals surface area contributed by atoms with Crippen molar-refractivity contribution in [3.8, 4) is 0 Å². The molecule has 4 atom stereocenters. The molecule has 0 aliphatic rings. The van der Waals surface area contributed by atoms with Crippen LogP contribution in [0.15, 0.2) is 0 Å². The average Bonchev–Trinajstić information content (AvgIpc) is 2.64. The summed E-state index contributed by atoms with van der Waals surface area (Å²) in [5.41, 5.74) is -5.03. The second kappa shape index (κ2) is 13.5. The molecule has 0 aromatic heterocycles. The van der Waals surface area contributed by atoms with E-state index in [4.69, 9.17) is 10.2 Å². The first-order valence-electron chi connectivity index (χ1n) is 10.3. The number of hydrogen-bond donors (Lipinski definition) is 4. The number of rotatable bonds is 15. The molecule has 0 rings (SSSR count). The zero-order chi connectivity index (χ0) is 24.2. The number of amides is 2. The third-order valence-electron chi connectivity index (χ3n) is 5.34. The lowest BCUT2D eigenvalue weighted by atomic mass is 9.88. The molecule has 2 amide bonds. The maximum absolute atomic E-state index is 14.2. The molecule has 0 saturated heterocycles. The van der Waals surface area contributed by atoms with E-state index >= 15 is 0 Å². The molecule has 0 fully saturated rings. The summed E-state index contributed by atoms with van der Waals surface area (Å²) in [6.45, 7) is 3.98. The summed E-state index contributed by atoms with van der Waals surface area (Å²) in [5.74, 6) is 0.237. The normalized spacial score (nSPS) is 16.9. The highest BCUT2D eigenvalue weighted by atomic mass is 19.4. The van der Waals surface area contributed by atoms with Gasteiger partial charge >= 0.3 is 18.4 Å². The molecule has 0 radical (unpaired) electrons. The predicted octanol–water partition coefficient (Wildman–Crippen LogP) is 5.96. The zero-order valence-corrected chi connectivity index (χ0v) is 17.7. The third-order valence-corrected chi connectivity index (χ3v) is 5.34. The summed E-state index contributed by atoms with van der Waals surface area (Å²) in [6.07, 6.45) is -10.4. The average molecular weight is 466 g/mol. The van der Waals surface area contributed by atoms with Crippen molar-refractivity contribution in [1.29, 1.82) is 0 Å². The second-order valence-electron chi connectivity index (χ2n) is 7.65. The van der Waals surface area contributed by atoms with Crippen LogP contribution < -0.4 is 10.6 Å². The van der Waals surface area contributed by atoms with Gasteiger partial charge in [0.2, 0.25) is 0 Å². The molecule has 6 nitrogen and oxygen atoms in total. The number of carbonyl (C=O) groups is 2. The fraction of sp³-hybridized carbons (Fsp3) is 0.895. The fourth-order valence-electron chi connectivity index (χ4n) is 3.56. The summed E-state index contributed by atoms with van der Waals surface area (Å²) in [6, 6.07) is -3.19. The lowest BCUT2D eigenvalue weighted by Gasteiger charge is -2.34. The molecule has 0 spiro atoms. The van der Waals surface area contributed by atoms with Crippen molar-refractivity contribution in [2.75, 3.05) is 0 Å². The summed E-state index contributed by atoms with van der Waals surface area (Å²) in [4.78, 5) is 21.8. The molecule has 184 valence electrons. The molecule has 0 saturated carbocycles. The first-order chi connectivity index (χ1) is 14.3. The van der Waals surface area contributed by atoms with Gasteiger partial charge in [-0.2, -0.15) is 13.2 Å². The van der Waals surface area contributed by atoms with Gasteiger partial charge in [0, 0.05) is 6.04 Å². The van der Waals surface area contributed by atoms with Crippen LogP contribution in [0.25, 0.3) is 0 Å². The van der Waals surface area contributed by atoms with Gasteiger partial charge in [-0.25, -0.2) is 22.8 Å². The molecule has 0 aromatic carbocycles. The van der Waals surface area contributed by atoms with E-state index in [0.29, 0.717) is 6.42 Å². The van der Waals surface area contributed by atoms with Crippen molar-refractivity contribution in [2.45, 2.75) is 102 Å². The first-order valence-corrected chi connectivity index (χ1v) is 10.3. The van der Waals surface area contributed by atoms with Crippen LogP contribution in [0.5, 0.6) is 0 Å². The summed E-state index contributed by atoms with van der Waals surface area (Å²) in [5, 5.41) is 21.2. The van der Waals surface area contributed by atoms with Gasteiger partial charge in [-0.3, -0.25) is 0 Å². The highest BCUT2D eigenvalue weighted by molar-refractivity contribution is 5.65. The minimum absolute atomic E-state index is 0.101. The van der Waals surface area contributed by atoms with E-state index in [0.717, 1.165) is 25.7 Å². The second-order valence-corrected chi connectivity index (χ2v) is 7.65. The van der Waals surface area contributed by atoms with E-state index < -0.39 is 49.0 Å². The highest BCUT2D eigenvalue weighted by Gasteiger charge is 2.67. The number of hydrogen-bond acceptors (Lipinski definition) is 2. The van der Waals surface area contributed by atoms with Gasteiger partial charge in [-0.05, 0) is 25.2 Å².